The van der Waals surface area contributed by atoms with Gasteiger partial charge in [-0.3, -0.25) is 0 Å². The number of halogens is 1. The highest BCUT2D eigenvalue weighted by molar-refractivity contribution is 9.10. The van der Waals surface area contributed by atoms with E-state index in [0.717, 1.165) is 4.47 Å². The first kappa shape index (κ1) is 11.6. The maximum atomic E-state index is 9.41. The summed E-state index contributed by atoms with van der Waals surface area (Å²) in [6.07, 6.45) is 5.14. The first-order chi connectivity index (χ1) is 7.31. The molecule has 1 saturated carbocycles. The summed E-state index contributed by atoms with van der Waals surface area (Å²) in [4.78, 5) is 1.21. The van der Waals surface area contributed by atoms with Gasteiger partial charge < -0.3 is 10.4 Å². The minimum absolute atomic E-state index is 0.0995. The Balaban J connectivity index is 2.00. The van der Waals surface area contributed by atoms with Crippen molar-refractivity contribution in [2.75, 3.05) is 6.61 Å². The fourth-order valence-electron chi connectivity index (χ4n) is 2.14. The van der Waals surface area contributed by atoms with Crippen LogP contribution in [-0.4, -0.2) is 17.8 Å². The van der Waals surface area contributed by atoms with E-state index < -0.39 is 0 Å². The topological polar surface area (TPSA) is 32.3 Å². The molecule has 0 amide bonds. The van der Waals surface area contributed by atoms with E-state index in [1.165, 1.54) is 30.6 Å². The van der Waals surface area contributed by atoms with Crippen LogP contribution in [0.15, 0.2) is 15.9 Å². The Kier molecular flexibility index (Phi) is 4.20. The van der Waals surface area contributed by atoms with Gasteiger partial charge in [0, 0.05) is 15.4 Å². The number of hydrogen-bond donors (Lipinski definition) is 2. The van der Waals surface area contributed by atoms with Gasteiger partial charge >= 0.3 is 0 Å². The number of thiophene rings is 1. The van der Waals surface area contributed by atoms with Crippen LogP contribution in [0, 0.1) is 0 Å². The zero-order valence-corrected chi connectivity index (χ0v) is 11.0. The van der Waals surface area contributed by atoms with Crippen molar-refractivity contribution < 1.29 is 5.11 Å². The van der Waals surface area contributed by atoms with E-state index in [1.54, 1.807) is 11.3 Å². The Hall–Kier alpha value is 0.100. The van der Waals surface area contributed by atoms with Crippen molar-refractivity contribution in [2.24, 2.45) is 0 Å². The number of aliphatic hydroxyl groups is 1. The van der Waals surface area contributed by atoms with Gasteiger partial charge in [-0.1, -0.05) is 12.8 Å². The van der Waals surface area contributed by atoms with Gasteiger partial charge in [-0.05, 0) is 40.2 Å². The smallest absolute Gasteiger partial charge is 0.0663 e. The molecular weight excluding hydrogens is 274 g/mol. The predicted octanol–water partition coefficient (Wildman–Crippen LogP) is 3.08. The second kappa shape index (κ2) is 5.43. The van der Waals surface area contributed by atoms with Gasteiger partial charge in [0.2, 0.25) is 0 Å². The Morgan fingerprint density at radius 1 is 1.53 bits per heavy atom. The maximum Gasteiger partial charge on any atom is 0.0663 e. The molecule has 2 nitrogen and oxygen atoms in total. The molecule has 4 heteroatoms. The lowest BCUT2D eigenvalue weighted by Crippen LogP contribution is -2.32. The van der Waals surface area contributed by atoms with Crippen LogP contribution in [0.3, 0.4) is 0 Å². The van der Waals surface area contributed by atoms with Gasteiger partial charge in [0.25, 0.3) is 0 Å². The third-order valence-electron chi connectivity index (χ3n) is 2.94. The van der Waals surface area contributed by atoms with E-state index >= 15 is 0 Å². The quantitative estimate of drug-likeness (QED) is 0.893. The molecule has 1 aromatic heterocycles. The Morgan fingerprint density at radius 3 is 2.80 bits per heavy atom. The van der Waals surface area contributed by atoms with Crippen LogP contribution >= 0.6 is 27.3 Å². The molecule has 1 aromatic rings. The van der Waals surface area contributed by atoms with Crippen molar-refractivity contribution in [1.82, 2.24) is 5.32 Å². The second-order valence-electron chi connectivity index (χ2n) is 4.02. The fourth-order valence-corrected chi connectivity index (χ4v) is 3.84. The molecule has 1 atom stereocenters. The van der Waals surface area contributed by atoms with Crippen LogP contribution in [0.25, 0.3) is 0 Å². The molecule has 0 spiro atoms. The third kappa shape index (κ3) is 2.81. The summed E-state index contributed by atoms with van der Waals surface area (Å²) < 4.78 is 1.11. The minimum atomic E-state index is 0.0995. The van der Waals surface area contributed by atoms with E-state index in [0.29, 0.717) is 6.04 Å². The van der Waals surface area contributed by atoms with Gasteiger partial charge in [0.1, 0.15) is 0 Å². The second-order valence-corrected chi connectivity index (χ2v) is 5.82. The lowest BCUT2D eigenvalue weighted by molar-refractivity contribution is 0.234. The summed E-state index contributed by atoms with van der Waals surface area (Å²) in [5, 5.41) is 15.0. The highest BCUT2D eigenvalue weighted by atomic mass is 79.9. The van der Waals surface area contributed by atoms with Crippen LogP contribution in [0.2, 0.25) is 0 Å². The van der Waals surface area contributed by atoms with E-state index in [4.69, 9.17) is 0 Å². The zero-order chi connectivity index (χ0) is 10.7. The van der Waals surface area contributed by atoms with E-state index in [-0.39, 0.29) is 12.6 Å². The van der Waals surface area contributed by atoms with Gasteiger partial charge in [-0.25, -0.2) is 0 Å². The van der Waals surface area contributed by atoms with E-state index in [9.17, 15) is 5.11 Å². The van der Waals surface area contributed by atoms with Gasteiger partial charge in [0.15, 0.2) is 0 Å². The molecule has 0 aliphatic heterocycles. The minimum Gasteiger partial charge on any atom is -0.394 e. The molecule has 84 valence electrons. The number of nitrogens with one attached hydrogen (secondary N) is 1. The van der Waals surface area contributed by atoms with Crippen LogP contribution < -0.4 is 5.32 Å². The van der Waals surface area contributed by atoms with Gasteiger partial charge in [-0.2, -0.15) is 0 Å². The fraction of sp³-hybridized carbons (Fsp3) is 0.636. The molecule has 1 unspecified atom stereocenters. The predicted molar refractivity (Wildman–Crippen MR) is 67.2 cm³/mol. The van der Waals surface area contributed by atoms with Crippen molar-refractivity contribution in [3.63, 3.8) is 0 Å². The number of hydrogen-bond acceptors (Lipinski definition) is 3. The Bertz CT molecular complexity index is 309. The lowest BCUT2D eigenvalue weighted by atomic mass is 10.2. The first-order valence-corrected chi connectivity index (χ1v) is 7.08. The summed E-state index contributed by atoms with van der Waals surface area (Å²) in [5.41, 5.74) is 0. The molecule has 1 heterocycles. The highest BCUT2D eigenvalue weighted by Gasteiger charge is 2.21. The third-order valence-corrected chi connectivity index (χ3v) is 4.92. The van der Waals surface area contributed by atoms with Crippen LogP contribution in [0.5, 0.6) is 0 Å². The molecule has 2 N–H and O–H groups in total. The average molecular weight is 290 g/mol. The van der Waals surface area contributed by atoms with Gasteiger partial charge in [0.05, 0.1) is 12.6 Å². The first-order valence-electron chi connectivity index (χ1n) is 5.41. The number of aliphatic hydroxyl groups excluding tert-OH is 1. The molecule has 2 rings (SSSR count). The molecule has 1 aliphatic carbocycles. The Labute approximate surface area is 103 Å². The van der Waals surface area contributed by atoms with Crippen LogP contribution in [0.1, 0.15) is 36.6 Å². The van der Waals surface area contributed by atoms with Crippen molar-refractivity contribution >= 4 is 27.3 Å². The van der Waals surface area contributed by atoms with Crippen LogP contribution in [0.4, 0.5) is 0 Å². The van der Waals surface area contributed by atoms with Crippen molar-refractivity contribution in [3.8, 4) is 0 Å². The van der Waals surface area contributed by atoms with Crippen molar-refractivity contribution in [3.05, 3.63) is 20.8 Å². The molecule has 0 radical (unpaired) electrons. The normalized spacial score (nSPS) is 19.6. The monoisotopic (exact) mass is 289 g/mol. The van der Waals surface area contributed by atoms with Gasteiger partial charge in [-0.15, -0.1) is 11.3 Å². The van der Waals surface area contributed by atoms with Crippen LogP contribution in [-0.2, 0) is 0 Å². The number of rotatable bonds is 4. The van der Waals surface area contributed by atoms with Crippen molar-refractivity contribution in [1.29, 1.82) is 0 Å². The molecule has 0 bridgehead atoms. The van der Waals surface area contributed by atoms with E-state index in [1.807, 2.05) is 6.07 Å². The molecule has 1 fully saturated rings. The maximum absolute atomic E-state index is 9.41. The largest absolute Gasteiger partial charge is 0.394 e. The SMILES string of the molecule is OCC(NC1CCCC1)c1sccc1Br. The Morgan fingerprint density at radius 2 is 2.27 bits per heavy atom. The molecule has 0 aromatic carbocycles. The zero-order valence-electron chi connectivity index (χ0n) is 8.58. The summed E-state index contributed by atoms with van der Waals surface area (Å²) in [6, 6.07) is 2.73. The lowest BCUT2D eigenvalue weighted by Gasteiger charge is -2.20. The molecule has 1 aliphatic rings. The summed E-state index contributed by atoms with van der Waals surface area (Å²) in [6.45, 7) is 0.176. The molecule has 0 saturated heterocycles. The summed E-state index contributed by atoms with van der Waals surface area (Å²) in [7, 11) is 0. The molecular formula is C11H16BrNOS. The van der Waals surface area contributed by atoms with E-state index in [2.05, 4.69) is 26.6 Å². The van der Waals surface area contributed by atoms with Crippen molar-refractivity contribution in [2.45, 2.75) is 37.8 Å². The average Bonchev–Trinajstić information content (AvgIpc) is 2.85. The standard InChI is InChI=1S/C11H16BrNOS/c12-9-5-6-15-11(9)10(7-14)13-8-3-1-2-4-8/h5-6,8,10,13-14H,1-4,7H2. The molecule has 15 heavy (non-hydrogen) atoms. The highest BCUT2D eigenvalue weighted by Crippen LogP contribution is 2.30. The summed E-state index contributed by atoms with van der Waals surface area (Å²) in [5.74, 6) is 0. The summed E-state index contributed by atoms with van der Waals surface area (Å²) >= 11 is 5.21.